The fraction of sp³-hybridized carbons (Fsp3) is 0.222. The monoisotopic (exact) mass is 702 g/mol. The Labute approximate surface area is 292 Å². The molecule has 0 fully saturated rings. The summed E-state index contributed by atoms with van der Waals surface area (Å²) in [6.07, 6.45) is 0. The zero-order valence-corrected chi connectivity index (χ0v) is 29.0. The van der Waals surface area contributed by atoms with Gasteiger partial charge < -0.3 is 51.8 Å². The molecule has 4 aromatic carbocycles. The first-order valence-corrected chi connectivity index (χ1v) is 15.0. The van der Waals surface area contributed by atoms with Gasteiger partial charge in [0, 0.05) is 35.4 Å². The normalized spacial score (nSPS) is 10.5. The molecule has 0 amide bonds. The number of benzene rings is 4. The highest BCUT2D eigenvalue weighted by Crippen LogP contribution is 2.39. The van der Waals surface area contributed by atoms with E-state index in [-0.39, 0.29) is 57.4 Å². The van der Waals surface area contributed by atoms with E-state index in [1.165, 1.54) is 93.3 Å². The molecule has 0 saturated carbocycles. The lowest BCUT2D eigenvalue weighted by Gasteiger charge is -2.14. The summed E-state index contributed by atoms with van der Waals surface area (Å²) in [4.78, 5) is 26.4. The maximum Gasteiger partial charge on any atom is 0.347 e. The number of rotatable bonds is 14. The average molecular weight is 703 g/mol. The third-order valence-corrected chi connectivity index (χ3v) is 7.50. The first kappa shape index (κ1) is 35.7. The number of carbonyl (C=O) groups excluding carboxylic acids is 2. The van der Waals surface area contributed by atoms with Crippen LogP contribution < -0.4 is 47.4 Å². The van der Waals surface area contributed by atoms with Crippen molar-refractivity contribution >= 4 is 11.9 Å². The van der Waals surface area contributed by atoms with Crippen LogP contribution in [-0.2, 0) is 0 Å². The number of hydrogen-bond donors (Lipinski definition) is 0. The molecule has 15 nitrogen and oxygen atoms in total. The third-order valence-electron chi connectivity index (χ3n) is 7.50. The predicted octanol–water partition coefficient (Wildman–Crippen LogP) is 5.91. The Bertz CT molecular complexity index is 1910. The van der Waals surface area contributed by atoms with Gasteiger partial charge in [-0.3, -0.25) is 0 Å². The molecule has 0 spiro atoms. The summed E-state index contributed by atoms with van der Waals surface area (Å²) >= 11 is 0. The van der Waals surface area contributed by atoms with E-state index in [2.05, 4.69) is 10.2 Å². The highest BCUT2D eigenvalue weighted by Gasteiger charge is 2.24. The summed E-state index contributed by atoms with van der Waals surface area (Å²) in [5, 5.41) is 8.33. The van der Waals surface area contributed by atoms with E-state index in [0.29, 0.717) is 34.1 Å². The molecule has 0 bridgehead atoms. The van der Waals surface area contributed by atoms with Gasteiger partial charge >= 0.3 is 11.9 Å². The number of aromatic nitrogens is 2. The zero-order valence-electron chi connectivity index (χ0n) is 29.0. The van der Waals surface area contributed by atoms with Crippen LogP contribution in [0.4, 0.5) is 0 Å². The molecule has 5 rings (SSSR count). The van der Waals surface area contributed by atoms with Crippen LogP contribution >= 0.6 is 0 Å². The Balaban J connectivity index is 1.36. The first-order chi connectivity index (χ1) is 24.7. The van der Waals surface area contributed by atoms with Gasteiger partial charge in [0.2, 0.25) is 11.8 Å². The summed E-state index contributed by atoms with van der Waals surface area (Å²) in [5.74, 6) is 1.44. The average Bonchev–Trinajstić information content (AvgIpc) is 3.67. The Morgan fingerprint density at radius 1 is 0.412 bits per heavy atom. The van der Waals surface area contributed by atoms with Crippen molar-refractivity contribution in [3.63, 3.8) is 0 Å². The van der Waals surface area contributed by atoms with Gasteiger partial charge in [-0.05, 0) is 36.4 Å². The van der Waals surface area contributed by atoms with Gasteiger partial charge in [-0.25, -0.2) is 9.59 Å². The van der Waals surface area contributed by atoms with Gasteiger partial charge in [-0.2, -0.15) is 0 Å². The lowest BCUT2D eigenvalue weighted by molar-refractivity contribution is 0.0716. The molecule has 0 N–H and O–H groups in total. The van der Waals surface area contributed by atoms with Crippen molar-refractivity contribution in [1.82, 2.24) is 10.2 Å². The van der Waals surface area contributed by atoms with Crippen LogP contribution in [0, 0.1) is 0 Å². The predicted molar refractivity (Wildman–Crippen MR) is 180 cm³/mol. The molecular formula is C36H34N2O13. The lowest BCUT2D eigenvalue weighted by atomic mass is 10.1. The minimum atomic E-state index is -0.718. The zero-order chi connectivity index (χ0) is 36.7. The third kappa shape index (κ3) is 7.36. The van der Waals surface area contributed by atoms with Gasteiger partial charge in [-0.1, -0.05) is 0 Å². The fourth-order valence-electron chi connectivity index (χ4n) is 4.91. The van der Waals surface area contributed by atoms with E-state index >= 15 is 0 Å². The molecule has 0 aliphatic heterocycles. The molecule has 51 heavy (non-hydrogen) atoms. The molecule has 0 saturated heterocycles. The Kier molecular flexibility index (Phi) is 11.0. The van der Waals surface area contributed by atoms with Gasteiger partial charge in [-0.15, -0.1) is 10.2 Å². The quantitative estimate of drug-likeness (QED) is 0.0989. The van der Waals surface area contributed by atoms with Gasteiger partial charge in [0.15, 0.2) is 46.0 Å². The van der Waals surface area contributed by atoms with E-state index in [1.807, 2.05) is 0 Å². The van der Waals surface area contributed by atoms with Crippen molar-refractivity contribution < 1.29 is 61.4 Å². The highest BCUT2D eigenvalue weighted by atomic mass is 16.6. The van der Waals surface area contributed by atoms with E-state index in [0.717, 1.165) is 0 Å². The number of esters is 2. The van der Waals surface area contributed by atoms with E-state index < -0.39 is 11.9 Å². The van der Waals surface area contributed by atoms with Crippen molar-refractivity contribution in [2.75, 3.05) is 56.9 Å². The maximum atomic E-state index is 13.2. The fourth-order valence-corrected chi connectivity index (χ4v) is 4.91. The smallest absolute Gasteiger partial charge is 0.347 e. The van der Waals surface area contributed by atoms with Crippen molar-refractivity contribution in [3.8, 4) is 80.4 Å². The molecule has 0 unspecified atom stereocenters. The summed E-state index contributed by atoms with van der Waals surface area (Å²) in [7, 11) is 11.5. The van der Waals surface area contributed by atoms with E-state index in [1.54, 1.807) is 24.3 Å². The minimum absolute atomic E-state index is 0.111. The molecule has 0 aliphatic carbocycles. The second kappa shape index (κ2) is 15.7. The molecule has 15 heteroatoms. The molecule has 0 radical (unpaired) electrons. The molecule has 1 aromatic heterocycles. The second-order valence-electron chi connectivity index (χ2n) is 10.2. The van der Waals surface area contributed by atoms with Crippen molar-refractivity contribution in [2.45, 2.75) is 0 Å². The van der Waals surface area contributed by atoms with Crippen molar-refractivity contribution in [2.24, 2.45) is 0 Å². The Morgan fingerprint density at radius 3 is 1.06 bits per heavy atom. The second-order valence-corrected chi connectivity index (χ2v) is 10.2. The molecule has 266 valence electrons. The summed E-state index contributed by atoms with van der Waals surface area (Å²) < 4.78 is 60.2. The van der Waals surface area contributed by atoms with Gasteiger partial charge in [0.1, 0.15) is 22.6 Å². The van der Waals surface area contributed by atoms with Crippen LogP contribution in [-0.4, -0.2) is 79.0 Å². The number of carbonyl (C=O) groups is 2. The number of methoxy groups -OCH3 is 8. The topological polar surface area (TPSA) is 165 Å². The minimum Gasteiger partial charge on any atom is -0.496 e. The standard InChI is InChI=1S/C36H34N2O13/c1-41-25-17-31(47-7)29(45-5)15-21(25)35(39)49-23-11-9-19(13-27(23)43-3)33-37-38-34(51-33)20-10-12-24(28(14-20)44-4)50-36(40)22-16-30(46-6)32(48-8)18-26(22)42-2/h9-18H,1-8H3. The highest BCUT2D eigenvalue weighted by molar-refractivity contribution is 5.96. The van der Waals surface area contributed by atoms with Crippen LogP contribution in [0.25, 0.3) is 22.9 Å². The number of nitrogens with zero attached hydrogens (tertiary/aromatic N) is 2. The first-order valence-electron chi connectivity index (χ1n) is 15.0. The van der Waals surface area contributed by atoms with Crippen LogP contribution in [0.2, 0.25) is 0 Å². The molecule has 0 atom stereocenters. The lowest BCUT2D eigenvalue weighted by Crippen LogP contribution is -2.11. The molecular weight excluding hydrogens is 668 g/mol. The van der Waals surface area contributed by atoms with Crippen molar-refractivity contribution in [1.29, 1.82) is 0 Å². The van der Waals surface area contributed by atoms with Crippen LogP contribution in [0.15, 0.2) is 65.1 Å². The maximum absolute atomic E-state index is 13.2. The van der Waals surface area contributed by atoms with Gasteiger partial charge in [0.05, 0.1) is 56.9 Å². The van der Waals surface area contributed by atoms with E-state index in [4.69, 9.17) is 51.8 Å². The largest absolute Gasteiger partial charge is 0.496 e. The Morgan fingerprint density at radius 2 is 0.725 bits per heavy atom. The molecule has 1 heterocycles. The summed E-state index contributed by atoms with van der Waals surface area (Å²) in [6.45, 7) is 0. The van der Waals surface area contributed by atoms with Crippen LogP contribution in [0.5, 0.6) is 57.5 Å². The summed E-state index contributed by atoms with van der Waals surface area (Å²) in [5.41, 5.74) is 1.19. The SMILES string of the molecule is COc1cc(OC)c(C(=O)Oc2ccc(-c3nnc(-c4ccc(OC(=O)c5cc(OC)c(OC)cc5OC)c(OC)c4)o3)cc2OC)cc1OC. The van der Waals surface area contributed by atoms with Crippen LogP contribution in [0.1, 0.15) is 20.7 Å². The molecule has 5 aromatic rings. The number of hydrogen-bond acceptors (Lipinski definition) is 15. The Hall–Kier alpha value is -6.64. The molecule has 0 aliphatic rings. The van der Waals surface area contributed by atoms with Gasteiger partial charge in [0.25, 0.3) is 0 Å². The summed E-state index contributed by atoms with van der Waals surface area (Å²) in [6, 6.07) is 15.4. The van der Waals surface area contributed by atoms with Crippen LogP contribution in [0.3, 0.4) is 0 Å². The van der Waals surface area contributed by atoms with Crippen molar-refractivity contribution in [3.05, 3.63) is 71.8 Å². The van der Waals surface area contributed by atoms with E-state index in [9.17, 15) is 9.59 Å². The number of ether oxygens (including phenoxy) is 10.